The van der Waals surface area contributed by atoms with Crippen LogP contribution in [-0.4, -0.2) is 5.78 Å². The quantitative estimate of drug-likeness (QED) is 0.348. The summed E-state index contributed by atoms with van der Waals surface area (Å²) in [4.78, 5) is 13.6. The zero-order valence-electron chi connectivity index (χ0n) is 19.5. The van der Waals surface area contributed by atoms with E-state index in [-0.39, 0.29) is 17.2 Å². The van der Waals surface area contributed by atoms with E-state index in [1.54, 1.807) is 0 Å². The van der Waals surface area contributed by atoms with Crippen molar-refractivity contribution in [1.82, 2.24) is 0 Å². The Balaban J connectivity index is 1.50. The zero-order valence-corrected chi connectivity index (χ0v) is 19.5. The molecule has 2 aliphatic rings. The average Bonchev–Trinajstić information content (AvgIpc) is 2.83. The Bertz CT molecular complexity index is 1450. The van der Waals surface area contributed by atoms with E-state index in [9.17, 15) is 4.79 Å². The summed E-state index contributed by atoms with van der Waals surface area (Å²) in [5.74, 6) is 1.79. The van der Waals surface area contributed by atoms with E-state index in [2.05, 4.69) is 61.6 Å². The molecule has 4 aromatic carbocycles. The van der Waals surface area contributed by atoms with E-state index in [1.165, 1.54) is 21.9 Å². The maximum absolute atomic E-state index is 13.6. The van der Waals surface area contributed by atoms with E-state index < -0.39 is 0 Å². The SMILES string of the molecule is CC1(C)CC(=O)C2=C(C1)c1c(ccc3ccccc13)N[C@@H]2c1cccc(Oc2ccccc2)c1. The van der Waals surface area contributed by atoms with Gasteiger partial charge in [-0.15, -0.1) is 0 Å². The summed E-state index contributed by atoms with van der Waals surface area (Å²) in [7, 11) is 0. The standard InChI is InChI=1S/C31H27NO2/c1-31(2)18-25-28-24-14-7-6-9-20(24)15-16-26(28)32-30(29(25)27(33)19-31)21-10-8-13-23(17-21)34-22-11-4-3-5-12-22/h3-17,30,32H,18-19H2,1-2H3/t30-/m1/s1. The molecule has 0 spiro atoms. The predicted octanol–water partition coefficient (Wildman–Crippen LogP) is 7.94. The molecule has 0 fully saturated rings. The highest BCUT2D eigenvalue weighted by Crippen LogP contribution is 2.52. The van der Waals surface area contributed by atoms with Crippen LogP contribution in [-0.2, 0) is 4.79 Å². The van der Waals surface area contributed by atoms with Gasteiger partial charge in [0.15, 0.2) is 5.78 Å². The van der Waals surface area contributed by atoms with Crippen molar-refractivity contribution < 1.29 is 9.53 Å². The molecule has 0 bridgehead atoms. The third-order valence-electron chi connectivity index (χ3n) is 6.91. The van der Waals surface area contributed by atoms with Crippen LogP contribution in [0, 0.1) is 5.41 Å². The van der Waals surface area contributed by atoms with E-state index >= 15 is 0 Å². The molecular formula is C31H27NO2. The number of nitrogens with one attached hydrogen (secondary N) is 1. The lowest BCUT2D eigenvalue weighted by atomic mass is 9.68. The van der Waals surface area contributed by atoms with Crippen molar-refractivity contribution in [2.75, 3.05) is 5.32 Å². The summed E-state index contributed by atoms with van der Waals surface area (Å²) in [5.41, 5.74) is 5.33. The molecule has 6 rings (SSSR count). The van der Waals surface area contributed by atoms with Crippen LogP contribution in [0.25, 0.3) is 16.3 Å². The van der Waals surface area contributed by atoms with E-state index in [1.807, 2.05) is 48.5 Å². The Morgan fingerprint density at radius 1 is 0.824 bits per heavy atom. The van der Waals surface area contributed by atoms with Crippen molar-refractivity contribution in [2.45, 2.75) is 32.7 Å². The van der Waals surface area contributed by atoms with Gasteiger partial charge >= 0.3 is 0 Å². The summed E-state index contributed by atoms with van der Waals surface area (Å²) in [6.07, 6.45) is 1.44. The van der Waals surface area contributed by atoms with Crippen molar-refractivity contribution in [3.63, 3.8) is 0 Å². The summed E-state index contributed by atoms with van der Waals surface area (Å²) in [6.45, 7) is 4.40. The zero-order chi connectivity index (χ0) is 23.3. The van der Waals surface area contributed by atoms with Crippen molar-refractivity contribution >= 4 is 27.8 Å². The number of carbonyl (C=O) groups is 1. The second-order valence-electron chi connectivity index (χ2n) is 10.1. The van der Waals surface area contributed by atoms with Gasteiger partial charge in [-0.3, -0.25) is 4.79 Å². The van der Waals surface area contributed by atoms with Crippen molar-refractivity contribution in [3.8, 4) is 11.5 Å². The molecule has 0 radical (unpaired) electrons. The molecular weight excluding hydrogens is 418 g/mol. The smallest absolute Gasteiger partial charge is 0.162 e. The number of Topliss-reactive ketones (excluding diaryl/α,β-unsaturated/α-hetero) is 1. The molecule has 168 valence electrons. The van der Waals surface area contributed by atoms with Crippen LogP contribution < -0.4 is 10.1 Å². The number of para-hydroxylation sites is 1. The van der Waals surface area contributed by atoms with Crippen molar-refractivity contribution in [1.29, 1.82) is 0 Å². The van der Waals surface area contributed by atoms with Gasteiger partial charge in [0.2, 0.25) is 0 Å². The van der Waals surface area contributed by atoms with Crippen LogP contribution >= 0.6 is 0 Å². The number of hydrogen-bond acceptors (Lipinski definition) is 3. The summed E-state index contributed by atoms with van der Waals surface area (Å²) in [5, 5.41) is 6.12. The largest absolute Gasteiger partial charge is 0.457 e. The van der Waals surface area contributed by atoms with Gasteiger partial charge < -0.3 is 10.1 Å². The fraction of sp³-hybridized carbons (Fsp3) is 0.194. The van der Waals surface area contributed by atoms with E-state index in [0.717, 1.165) is 34.7 Å². The van der Waals surface area contributed by atoms with Gasteiger partial charge in [0, 0.05) is 23.2 Å². The van der Waals surface area contributed by atoms with Gasteiger partial charge in [-0.05, 0) is 64.1 Å². The maximum atomic E-state index is 13.6. The molecule has 3 heteroatoms. The van der Waals surface area contributed by atoms with Crippen LogP contribution in [0.15, 0.2) is 96.6 Å². The molecule has 0 amide bonds. The first-order valence-corrected chi connectivity index (χ1v) is 11.9. The lowest BCUT2D eigenvalue weighted by Gasteiger charge is -2.40. The normalized spacial score (nSPS) is 18.8. The van der Waals surface area contributed by atoms with Gasteiger partial charge in [-0.25, -0.2) is 0 Å². The number of hydrogen-bond donors (Lipinski definition) is 1. The molecule has 0 aromatic heterocycles. The van der Waals surface area contributed by atoms with Crippen LogP contribution in [0.3, 0.4) is 0 Å². The predicted molar refractivity (Wildman–Crippen MR) is 138 cm³/mol. The van der Waals surface area contributed by atoms with Crippen LogP contribution in [0.5, 0.6) is 11.5 Å². The fourth-order valence-corrected chi connectivity index (χ4v) is 5.47. The highest BCUT2D eigenvalue weighted by atomic mass is 16.5. The van der Waals surface area contributed by atoms with Crippen LogP contribution in [0.4, 0.5) is 5.69 Å². The summed E-state index contributed by atoms with van der Waals surface area (Å²) >= 11 is 0. The molecule has 1 aliphatic heterocycles. The van der Waals surface area contributed by atoms with Crippen molar-refractivity contribution in [2.24, 2.45) is 5.41 Å². The Kier molecular flexibility index (Phi) is 4.80. The third kappa shape index (κ3) is 3.58. The Morgan fingerprint density at radius 2 is 1.59 bits per heavy atom. The molecule has 1 heterocycles. The summed E-state index contributed by atoms with van der Waals surface area (Å²) in [6, 6.07) is 30.5. The lowest BCUT2D eigenvalue weighted by Crippen LogP contribution is -2.33. The Hall–Kier alpha value is -3.85. The highest BCUT2D eigenvalue weighted by Gasteiger charge is 2.40. The second kappa shape index (κ2) is 7.88. The van der Waals surface area contributed by atoms with Gasteiger partial charge in [-0.1, -0.05) is 74.5 Å². The number of carbonyl (C=O) groups excluding carboxylic acids is 1. The lowest BCUT2D eigenvalue weighted by molar-refractivity contribution is -0.118. The summed E-state index contributed by atoms with van der Waals surface area (Å²) < 4.78 is 6.10. The number of ketones is 1. The van der Waals surface area contributed by atoms with Crippen LogP contribution in [0.2, 0.25) is 0 Å². The molecule has 4 aromatic rings. The number of benzene rings is 4. The van der Waals surface area contributed by atoms with Crippen LogP contribution in [0.1, 0.15) is 43.9 Å². The van der Waals surface area contributed by atoms with Gasteiger partial charge in [-0.2, -0.15) is 0 Å². The minimum Gasteiger partial charge on any atom is -0.457 e. The molecule has 1 N–H and O–H groups in total. The molecule has 34 heavy (non-hydrogen) atoms. The topological polar surface area (TPSA) is 38.3 Å². The average molecular weight is 446 g/mol. The first kappa shape index (κ1) is 20.7. The van der Waals surface area contributed by atoms with E-state index in [0.29, 0.717) is 6.42 Å². The minimum absolute atomic E-state index is 0.0652. The molecule has 3 nitrogen and oxygen atoms in total. The first-order chi connectivity index (χ1) is 16.5. The molecule has 1 aliphatic carbocycles. The molecule has 0 saturated carbocycles. The number of ether oxygens (including phenoxy) is 1. The number of fused-ring (bicyclic) bond motifs is 4. The Labute approximate surface area is 200 Å². The van der Waals surface area contributed by atoms with Gasteiger partial charge in [0.05, 0.1) is 6.04 Å². The highest BCUT2D eigenvalue weighted by molar-refractivity contribution is 6.12. The number of allylic oxidation sites excluding steroid dienone is 1. The van der Waals surface area contributed by atoms with Crippen molar-refractivity contribution in [3.05, 3.63) is 108 Å². The molecule has 0 unspecified atom stereocenters. The third-order valence-corrected chi connectivity index (χ3v) is 6.91. The molecule has 0 saturated heterocycles. The number of anilines is 1. The number of rotatable bonds is 3. The van der Waals surface area contributed by atoms with Gasteiger partial charge in [0.25, 0.3) is 0 Å². The Morgan fingerprint density at radius 3 is 2.44 bits per heavy atom. The second-order valence-corrected chi connectivity index (χ2v) is 10.1. The minimum atomic E-state index is -0.202. The van der Waals surface area contributed by atoms with E-state index in [4.69, 9.17) is 4.74 Å². The fourth-order valence-electron chi connectivity index (χ4n) is 5.47. The monoisotopic (exact) mass is 445 g/mol. The first-order valence-electron chi connectivity index (χ1n) is 11.9. The van der Waals surface area contributed by atoms with Gasteiger partial charge in [0.1, 0.15) is 11.5 Å². The molecule has 1 atom stereocenters. The maximum Gasteiger partial charge on any atom is 0.162 e.